The molecule has 2 aromatic heterocycles. The maximum absolute atomic E-state index is 13.0. The summed E-state index contributed by atoms with van der Waals surface area (Å²) in [4.78, 5) is 18.1. The minimum Gasteiger partial charge on any atom is -0.339 e. The topological polar surface area (TPSA) is 50.5 Å². The Balaban J connectivity index is 1.61. The molecular formula is C22H29F3N4O. The van der Waals surface area contributed by atoms with E-state index < -0.39 is 12.1 Å². The number of hydrogen-bond donors (Lipinski definition) is 0. The number of amides is 1. The summed E-state index contributed by atoms with van der Waals surface area (Å²) >= 11 is 0. The molecule has 164 valence electrons. The number of likely N-dealkylation sites (tertiary alicyclic amines) is 1. The Bertz CT molecular complexity index is 928. The first kappa shape index (κ1) is 21.1. The molecule has 5 nitrogen and oxygen atoms in total. The van der Waals surface area contributed by atoms with E-state index in [4.69, 9.17) is 5.10 Å². The molecule has 1 saturated carbocycles. The number of carbonyl (C=O) groups is 1. The monoisotopic (exact) mass is 422 g/mol. The van der Waals surface area contributed by atoms with Gasteiger partial charge in [0.1, 0.15) is 0 Å². The zero-order valence-electron chi connectivity index (χ0n) is 17.7. The summed E-state index contributed by atoms with van der Waals surface area (Å²) in [5, 5.41) is 4.79. The second-order valence-corrected chi connectivity index (χ2v) is 9.56. The van der Waals surface area contributed by atoms with E-state index in [9.17, 15) is 18.0 Å². The second-order valence-electron chi connectivity index (χ2n) is 9.56. The third kappa shape index (κ3) is 3.93. The smallest absolute Gasteiger partial charge is 0.339 e. The lowest BCUT2D eigenvalue weighted by Gasteiger charge is -2.43. The summed E-state index contributed by atoms with van der Waals surface area (Å²) in [6.45, 7) is 6.72. The standard InChI is InChI=1S/C22H29F3N4O/c1-14-10-19(16-8-9-21(2,3)28(12-16)13-30)29-20(26-14)11-18(27-29)15-4-6-17(7-5-15)22(23,24)25/h10-11,13,15-17H,4-9,12H2,1-3H3/t15?,16-,17?/m0/s1. The van der Waals surface area contributed by atoms with Crippen LogP contribution in [0.2, 0.25) is 0 Å². The van der Waals surface area contributed by atoms with Crippen LogP contribution in [0.5, 0.6) is 0 Å². The van der Waals surface area contributed by atoms with Crippen LogP contribution >= 0.6 is 0 Å². The first-order valence-corrected chi connectivity index (χ1v) is 10.7. The van der Waals surface area contributed by atoms with Crippen LogP contribution < -0.4 is 0 Å². The van der Waals surface area contributed by atoms with Crippen molar-refractivity contribution in [2.75, 3.05) is 6.54 Å². The van der Waals surface area contributed by atoms with Crippen molar-refractivity contribution in [3.63, 3.8) is 0 Å². The molecule has 0 aromatic carbocycles. The van der Waals surface area contributed by atoms with Gasteiger partial charge < -0.3 is 4.90 Å². The average molecular weight is 422 g/mol. The van der Waals surface area contributed by atoms with E-state index in [-0.39, 0.29) is 30.2 Å². The molecule has 0 unspecified atom stereocenters. The van der Waals surface area contributed by atoms with Gasteiger partial charge in [-0.1, -0.05) is 0 Å². The Morgan fingerprint density at radius 3 is 2.43 bits per heavy atom. The van der Waals surface area contributed by atoms with Crippen LogP contribution in [0.25, 0.3) is 5.65 Å². The molecule has 1 aliphatic heterocycles. The molecule has 0 bridgehead atoms. The fourth-order valence-corrected chi connectivity index (χ4v) is 5.03. The maximum atomic E-state index is 13.0. The Morgan fingerprint density at radius 2 is 1.80 bits per heavy atom. The number of aromatic nitrogens is 3. The molecule has 2 aliphatic rings. The molecule has 3 heterocycles. The number of aryl methyl sites for hydroxylation is 1. The van der Waals surface area contributed by atoms with Gasteiger partial charge in [0, 0.05) is 35.7 Å². The molecule has 1 atom stereocenters. The molecule has 0 N–H and O–H groups in total. The first-order chi connectivity index (χ1) is 14.1. The Morgan fingerprint density at radius 1 is 1.10 bits per heavy atom. The Kier molecular flexibility index (Phi) is 5.31. The Labute approximate surface area is 174 Å². The predicted molar refractivity (Wildman–Crippen MR) is 107 cm³/mol. The second kappa shape index (κ2) is 7.54. The SMILES string of the molecule is Cc1cc([C@H]2CCC(C)(C)N(C=O)C2)n2nc(C3CCC(C(F)(F)F)CC3)cc2n1. The molecule has 1 aliphatic carbocycles. The number of carbonyl (C=O) groups excluding carboxylic acids is 1. The van der Waals surface area contributed by atoms with Crippen molar-refractivity contribution in [2.24, 2.45) is 5.92 Å². The van der Waals surface area contributed by atoms with Gasteiger partial charge in [-0.2, -0.15) is 18.3 Å². The van der Waals surface area contributed by atoms with Gasteiger partial charge in [0.2, 0.25) is 6.41 Å². The third-order valence-electron chi connectivity index (χ3n) is 7.05. The molecule has 1 amide bonds. The molecule has 4 rings (SSSR count). The van der Waals surface area contributed by atoms with Gasteiger partial charge in [0.15, 0.2) is 5.65 Å². The van der Waals surface area contributed by atoms with Crippen LogP contribution in [0.3, 0.4) is 0 Å². The van der Waals surface area contributed by atoms with Crippen molar-refractivity contribution in [3.8, 4) is 0 Å². The molecule has 2 aromatic rings. The van der Waals surface area contributed by atoms with E-state index in [1.54, 1.807) is 0 Å². The van der Waals surface area contributed by atoms with E-state index in [0.29, 0.717) is 19.4 Å². The molecule has 0 spiro atoms. The predicted octanol–water partition coefficient (Wildman–Crippen LogP) is 4.99. The highest BCUT2D eigenvalue weighted by molar-refractivity contribution is 5.50. The van der Waals surface area contributed by atoms with E-state index in [2.05, 4.69) is 18.8 Å². The van der Waals surface area contributed by atoms with Gasteiger partial charge in [-0.15, -0.1) is 0 Å². The summed E-state index contributed by atoms with van der Waals surface area (Å²) in [7, 11) is 0. The molecule has 8 heteroatoms. The molecule has 30 heavy (non-hydrogen) atoms. The molecule has 2 fully saturated rings. The summed E-state index contributed by atoms with van der Waals surface area (Å²) in [6, 6.07) is 3.95. The van der Waals surface area contributed by atoms with Crippen molar-refractivity contribution in [1.82, 2.24) is 19.5 Å². The zero-order valence-corrected chi connectivity index (χ0v) is 17.7. The number of nitrogens with zero attached hydrogens (tertiary/aromatic N) is 4. The van der Waals surface area contributed by atoms with Crippen molar-refractivity contribution >= 4 is 12.1 Å². The van der Waals surface area contributed by atoms with Gasteiger partial charge in [0.05, 0.1) is 17.3 Å². The van der Waals surface area contributed by atoms with Crippen molar-refractivity contribution in [2.45, 2.75) is 82.8 Å². The van der Waals surface area contributed by atoms with E-state index >= 15 is 0 Å². The molecule has 0 radical (unpaired) electrons. The zero-order chi connectivity index (χ0) is 21.7. The summed E-state index contributed by atoms with van der Waals surface area (Å²) in [5.41, 5.74) is 3.31. The van der Waals surface area contributed by atoms with Crippen LogP contribution in [0.4, 0.5) is 13.2 Å². The van der Waals surface area contributed by atoms with Gasteiger partial charge in [-0.25, -0.2) is 9.50 Å². The lowest BCUT2D eigenvalue weighted by Crippen LogP contribution is -2.49. The highest BCUT2D eigenvalue weighted by Gasteiger charge is 2.42. The number of piperidine rings is 1. The van der Waals surface area contributed by atoms with Gasteiger partial charge >= 0.3 is 6.18 Å². The maximum Gasteiger partial charge on any atom is 0.391 e. The van der Waals surface area contributed by atoms with Crippen molar-refractivity contribution in [3.05, 3.63) is 29.2 Å². The average Bonchev–Trinajstić information content (AvgIpc) is 3.10. The van der Waals surface area contributed by atoms with Crippen LogP contribution in [0.1, 0.15) is 81.3 Å². The lowest BCUT2D eigenvalue weighted by atomic mass is 9.80. The highest BCUT2D eigenvalue weighted by Crippen LogP contribution is 2.43. The number of rotatable bonds is 3. The quantitative estimate of drug-likeness (QED) is 0.655. The van der Waals surface area contributed by atoms with Crippen LogP contribution in [0.15, 0.2) is 12.1 Å². The fourth-order valence-electron chi connectivity index (χ4n) is 5.03. The van der Waals surface area contributed by atoms with Gasteiger partial charge in [-0.05, 0) is 65.4 Å². The largest absolute Gasteiger partial charge is 0.391 e. The van der Waals surface area contributed by atoms with Gasteiger partial charge in [0.25, 0.3) is 0 Å². The van der Waals surface area contributed by atoms with Crippen molar-refractivity contribution < 1.29 is 18.0 Å². The minimum absolute atomic E-state index is 0.0372. The number of alkyl halides is 3. The van der Waals surface area contributed by atoms with Crippen LogP contribution in [0, 0.1) is 12.8 Å². The number of fused-ring (bicyclic) bond motifs is 1. The van der Waals surface area contributed by atoms with E-state index in [0.717, 1.165) is 42.0 Å². The van der Waals surface area contributed by atoms with E-state index in [1.165, 1.54) is 0 Å². The first-order valence-electron chi connectivity index (χ1n) is 10.7. The normalized spacial score (nSPS) is 27.4. The summed E-state index contributed by atoms with van der Waals surface area (Å²) in [5.74, 6) is -1.00. The molecular weight excluding hydrogens is 393 g/mol. The van der Waals surface area contributed by atoms with E-state index in [1.807, 2.05) is 28.5 Å². The summed E-state index contributed by atoms with van der Waals surface area (Å²) in [6.07, 6.45) is -0.0187. The fraction of sp³-hybridized carbons (Fsp3) is 0.682. The highest BCUT2D eigenvalue weighted by atomic mass is 19.4. The van der Waals surface area contributed by atoms with Crippen molar-refractivity contribution in [1.29, 1.82) is 0 Å². The molecule has 1 saturated heterocycles. The Hall–Kier alpha value is -2.12. The minimum atomic E-state index is -4.10. The lowest BCUT2D eigenvalue weighted by molar-refractivity contribution is -0.182. The summed E-state index contributed by atoms with van der Waals surface area (Å²) < 4.78 is 40.8. The van der Waals surface area contributed by atoms with Crippen LogP contribution in [-0.2, 0) is 4.79 Å². The third-order valence-corrected chi connectivity index (χ3v) is 7.05. The van der Waals surface area contributed by atoms with Crippen LogP contribution in [-0.4, -0.2) is 44.2 Å². The number of hydrogen-bond acceptors (Lipinski definition) is 3. The number of halogens is 3. The van der Waals surface area contributed by atoms with Gasteiger partial charge in [-0.3, -0.25) is 4.79 Å².